The first-order valence-electron chi connectivity index (χ1n) is 4.45. The van der Waals surface area contributed by atoms with Crippen LogP contribution in [0.3, 0.4) is 0 Å². The number of para-hydroxylation sites is 1. The summed E-state index contributed by atoms with van der Waals surface area (Å²) in [5.74, 6) is 0.743. The molecule has 2 aromatic rings. The molecule has 0 saturated heterocycles. The van der Waals surface area contributed by atoms with Crippen LogP contribution in [0.5, 0.6) is 11.6 Å². The van der Waals surface area contributed by atoms with Crippen LogP contribution in [0.4, 0.5) is 5.95 Å². The van der Waals surface area contributed by atoms with Crippen LogP contribution in [0.25, 0.3) is 0 Å². The highest BCUT2D eigenvalue weighted by molar-refractivity contribution is 9.10. The van der Waals surface area contributed by atoms with Crippen LogP contribution in [-0.4, -0.2) is 9.97 Å². The predicted octanol–water partition coefficient (Wildman–Crippen LogP) is 1.91. The number of nitrogens with two attached hydrogens (primary N) is 1. The van der Waals surface area contributed by atoms with Gasteiger partial charge in [-0.1, -0.05) is 18.2 Å². The Balaban J connectivity index is 2.39. The van der Waals surface area contributed by atoms with Crippen LogP contribution in [-0.2, 0) is 0 Å². The van der Waals surface area contributed by atoms with Crippen LogP contribution in [0.1, 0.15) is 0 Å². The molecule has 0 atom stereocenters. The van der Waals surface area contributed by atoms with Crippen LogP contribution in [0.2, 0.25) is 0 Å². The molecule has 0 spiro atoms. The highest BCUT2D eigenvalue weighted by atomic mass is 79.9. The molecule has 3 N–H and O–H groups in total. The first kappa shape index (κ1) is 10.7. The Kier molecular flexibility index (Phi) is 2.91. The maximum Gasteiger partial charge on any atom is 0.270 e. The number of rotatable bonds is 2. The van der Waals surface area contributed by atoms with Gasteiger partial charge in [-0.2, -0.15) is 4.98 Å². The van der Waals surface area contributed by atoms with E-state index in [-0.39, 0.29) is 21.9 Å². The van der Waals surface area contributed by atoms with Crippen LogP contribution in [0, 0.1) is 0 Å². The van der Waals surface area contributed by atoms with Gasteiger partial charge in [-0.3, -0.25) is 9.78 Å². The summed E-state index contributed by atoms with van der Waals surface area (Å²) in [5, 5.41) is 0. The lowest BCUT2D eigenvalue weighted by Crippen LogP contribution is -2.12. The van der Waals surface area contributed by atoms with Crippen molar-refractivity contribution in [1.29, 1.82) is 0 Å². The molecule has 1 heterocycles. The molecule has 0 aliphatic carbocycles. The van der Waals surface area contributed by atoms with Gasteiger partial charge in [-0.05, 0) is 28.1 Å². The van der Waals surface area contributed by atoms with E-state index in [0.717, 1.165) is 0 Å². The zero-order chi connectivity index (χ0) is 11.5. The van der Waals surface area contributed by atoms with E-state index in [0.29, 0.717) is 5.75 Å². The molecule has 1 aromatic carbocycles. The Bertz CT molecular complexity index is 554. The number of H-pyrrole nitrogens is 1. The van der Waals surface area contributed by atoms with Gasteiger partial charge in [-0.25, -0.2) is 0 Å². The van der Waals surface area contributed by atoms with Crippen LogP contribution < -0.4 is 16.0 Å². The van der Waals surface area contributed by atoms with Crippen LogP contribution in [0.15, 0.2) is 39.6 Å². The third-order valence-electron chi connectivity index (χ3n) is 1.81. The van der Waals surface area contributed by atoms with E-state index in [1.807, 2.05) is 18.2 Å². The Morgan fingerprint density at radius 2 is 2.00 bits per heavy atom. The van der Waals surface area contributed by atoms with Gasteiger partial charge in [0.2, 0.25) is 11.8 Å². The fourth-order valence-electron chi connectivity index (χ4n) is 1.12. The lowest BCUT2D eigenvalue weighted by atomic mass is 10.3. The molecule has 0 fully saturated rings. The predicted molar refractivity (Wildman–Crippen MR) is 63.5 cm³/mol. The monoisotopic (exact) mass is 281 g/mol. The van der Waals surface area contributed by atoms with Gasteiger partial charge in [0, 0.05) is 0 Å². The highest BCUT2D eigenvalue weighted by Crippen LogP contribution is 2.24. The van der Waals surface area contributed by atoms with Crippen molar-refractivity contribution in [3.63, 3.8) is 0 Å². The topological polar surface area (TPSA) is 81.0 Å². The first-order chi connectivity index (χ1) is 7.66. The van der Waals surface area contributed by atoms with Crippen molar-refractivity contribution in [2.75, 3.05) is 5.73 Å². The number of nitrogen functional groups attached to an aromatic ring is 1. The van der Waals surface area contributed by atoms with Gasteiger partial charge in [0.1, 0.15) is 10.2 Å². The number of halogens is 1. The number of nitrogens with one attached hydrogen (secondary N) is 1. The quantitative estimate of drug-likeness (QED) is 0.881. The number of ether oxygens (including phenoxy) is 1. The fourth-order valence-corrected chi connectivity index (χ4v) is 1.39. The molecule has 6 heteroatoms. The van der Waals surface area contributed by atoms with Gasteiger partial charge < -0.3 is 10.5 Å². The second-order valence-corrected chi connectivity index (χ2v) is 3.78. The van der Waals surface area contributed by atoms with Crippen molar-refractivity contribution in [1.82, 2.24) is 9.97 Å². The Morgan fingerprint density at radius 1 is 1.31 bits per heavy atom. The minimum atomic E-state index is -0.376. The molecule has 5 nitrogen and oxygen atoms in total. The summed E-state index contributed by atoms with van der Waals surface area (Å²) in [6.45, 7) is 0. The molecule has 0 amide bonds. The fraction of sp³-hybridized carbons (Fsp3) is 0. The molecule has 16 heavy (non-hydrogen) atoms. The third kappa shape index (κ3) is 2.22. The molecule has 82 valence electrons. The van der Waals surface area contributed by atoms with E-state index in [4.69, 9.17) is 10.5 Å². The smallest absolute Gasteiger partial charge is 0.270 e. The lowest BCUT2D eigenvalue weighted by Gasteiger charge is -2.05. The molecular formula is C10H8BrN3O2. The maximum absolute atomic E-state index is 11.3. The third-order valence-corrected chi connectivity index (χ3v) is 2.51. The summed E-state index contributed by atoms with van der Waals surface area (Å²) in [6, 6.07) is 9.01. The SMILES string of the molecule is Nc1nc(Oc2ccccc2)c(Br)c(=O)[nH]1. The number of benzene rings is 1. The van der Waals surface area contributed by atoms with E-state index in [1.54, 1.807) is 12.1 Å². The maximum atomic E-state index is 11.3. The number of hydrogen-bond acceptors (Lipinski definition) is 4. The molecule has 0 radical (unpaired) electrons. The van der Waals surface area contributed by atoms with E-state index < -0.39 is 0 Å². The van der Waals surface area contributed by atoms with Crippen molar-refractivity contribution in [3.05, 3.63) is 45.2 Å². The molecular weight excluding hydrogens is 274 g/mol. The second kappa shape index (κ2) is 4.36. The van der Waals surface area contributed by atoms with Crippen molar-refractivity contribution in [2.45, 2.75) is 0 Å². The van der Waals surface area contributed by atoms with E-state index in [9.17, 15) is 4.79 Å². The van der Waals surface area contributed by atoms with Gasteiger partial charge >= 0.3 is 0 Å². The molecule has 1 aromatic heterocycles. The van der Waals surface area contributed by atoms with Gasteiger partial charge in [0.15, 0.2) is 0 Å². The van der Waals surface area contributed by atoms with Crippen molar-refractivity contribution < 1.29 is 4.74 Å². The van der Waals surface area contributed by atoms with E-state index in [2.05, 4.69) is 25.9 Å². The standard InChI is InChI=1S/C10H8BrN3O2/c11-7-8(15)13-10(12)14-9(7)16-6-4-2-1-3-5-6/h1-5H,(H3,12,13,14,15). The Morgan fingerprint density at radius 3 is 2.69 bits per heavy atom. The van der Waals surface area contributed by atoms with Crippen LogP contribution >= 0.6 is 15.9 Å². The first-order valence-corrected chi connectivity index (χ1v) is 5.24. The molecule has 2 rings (SSSR count). The van der Waals surface area contributed by atoms with Gasteiger partial charge in [0.25, 0.3) is 5.56 Å². The lowest BCUT2D eigenvalue weighted by molar-refractivity contribution is 0.458. The summed E-state index contributed by atoms with van der Waals surface area (Å²) in [7, 11) is 0. The number of anilines is 1. The second-order valence-electron chi connectivity index (χ2n) is 2.99. The molecule has 0 unspecified atom stereocenters. The van der Waals surface area contributed by atoms with Gasteiger partial charge in [0.05, 0.1) is 0 Å². The van der Waals surface area contributed by atoms with Crippen molar-refractivity contribution >= 4 is 21.9 Å². The minimum Gasteiger partial charge on any atom is -0.438 e. The summed E-state index contributed by atoms with van der Waals surface area (Å²) in [5.41, 5.74) is 5.04. The largest absolute Gasteiger partial charge is 0.438 e. The van der Waals surface area contributed by atoms with E-state index in [1.165, 1.54) is 0 Å². The van der Waals surface area contributed by atoms with Crippen molar-refractivity contribution in [3.8, 4) is 11.6 Å². The van der Waals surface area contributed by atoms with Crippen molar-refractivity contribution in [2.24, 2.45) is 0 Å². The Labute approximate surface area is 99.4 Å². The molecule has 0 bridgehead atoms. The van der Waals surface area contributed by atoms with E-state index >= 15 is 0 Å². The summed E-state index contributed by atoms with van der Waals surface area (Å²) in [4.78, 5) is 17.6. The number of aromatic nitrogens is 2. The zero-order valence-corrected chi connectivity index (χ0v) is 9.69. The highest BCUT2D eigenvalue weighted by Gasteiger charge is 2.09. The average molecular weight is 282 g/mol. The molecule has 0 aliphatic rings. The number of nitrogens with zero attached hydrogens (tertiary/aromatic N) is 1. The summed E-state index contributed by atoms with van der Waals surface area (Å²) < 4.78 is 5.63. The average Bonchev–Trinajstić information content (AvgIpc) is 2.27. The number of hydrogen-bond donors (Lipinski definition) is 2. The molecule has 0 aliphatic heterocycles. The number of aromatic amines is 1. The normalized spacial score (nSPS) is 10.1. The van der Waals surface area contributed by atoms with Gasteiger partial charge in [-0.15, -0.1) is 0 Å². The Hall–Kier alpha value is -1.82. The summed E-state index contributed by atoms with van der Waals surface area (Å²) in [6.07, 6.45) is 0. The minimum absolute atomic E-state index is 0.0131. The summed E-state index contributed by atoms with van der Waals surface area (Å²) >= 11 is 3.09. The molecule has 0 saturated carbocycles. The zero-order valence-electron chi connectivity index (χ0n) is 8.11.